The van der Waals surface area contributed by atoms with Gasteiger partial charge in [-0.15, -0.1) is 5.10 Å². The summed E-state index contributed by atoms with van der Waals surface area (Å²) in [6, 6.07) is 0. The largest absolute Gasteiger partial charge is 0.461 e. The van der Waals surface area contributed by atoms with Crippen LogP contribution in [0.5, 0.6) is 0 Å². The molecule has 2 aromatic heterocycles. The average molecular weight is 224 g/mol. The molecule has 2 N–H and O–H groups in total. The Bertz CT molecular complexity index is 504. The van der Waals surface area contributed by atoms with E-state index in [9.17, 15) is 4.79 Å². The summed E-state index contributed by atoms with van der Waals surface area (Å²) in [6.45, 7) is 1.94. The first kappa shape index (κ1) is 10.1. The molecule has 0 fully saturated rings. The van der Waals surface area contributed by atoms with Gasteiger partial charge in [0.1, 0.15) is 0 Å². The summed E-state index contributed by atoms with van der Waals surface area (Å²) in [5.74, 6) is -0.466. The Morgan fingerprint density at radius 2 is 2.44 bits per heavy atom. The standard InChI is InChI=1S/C7H8N6O3/c1-2-15-7(14)4-3-9-12-13(4)6-5(8)10-16-11-6/h3H,2H2,1H3,(H2,8,10). The van der Waals surface area contributed by atoms with Crippen molar-refractivity contribution in [2.24, 2.45) is 0 Å². The molecule has 2 rings (SSSR count). The molecule has 0 saturated heterocycles. The molecule has 0 aliphatic rings. The fourth-order valence-corrected chi connectivity index (χ4v) is 1.07. The van der Waals surface area contributed by atoms with Crippen molar-refractivity contribution in [3.05, 3.63) is 11.9 Å². The van der Waals surface area contributed by atoms with E-state index in [0.29, 0.717) is 0 Å². The van der Waals surface area contributed by atoms with Gasteiger partial charge in [-0.05, 0) is 17.2 Å². The lowest BCUT2D eigenvalue weighted by Crippen LogP contribution is -2.13. The van der Waals surface area contributed by atoms with Crippen molar-refractivity contribution in [2.45, 2.75) is 6.92 Å². The summed E-state index contributed by atoms with van der Waals surface area (Å²) in [7, 11) is 0. The zero-order valence-corrected chi connectivity index (χ0v) is 8.32. The number of hydrogen-bond acceptors (Lipinski definition) is 8. The molecule has 0 bridgehead atoms. The van der Waals surface area contributed by atoms with Gasteiger partial charge in [-0.25, -0.2) is 9.42 Å². The van der Waals surface area contributed by atoms with E-state index in [1.165, 1.54) is 6.20 Å². The first-order valence-electron chi connectivity index (χ1n) is 4.40. The number of esters is 1. The van der Waals surface area contributed by atoms with Crippen molar-refractivity contribution in [1.82, 2.24) is 25.3 Å². The molecule has 0 atom stereocenters. The van der Waals surface area contributed by atoms with Crippen molar-refractivity contribution in [2.75, 3.05) is 12.3 Å². The second-order valence-electron chi connectivity index (χ2n) is 2.72. The van der Waals surface area contributed by atoms with Gasteiger partial charge in [0.05, 0.1) is 12.8 Å². The summed E-state index contributed by atoms with van der Waals surface area (Å²) in [5, 5.41) is 14.1. The van der Waals surface area contributed by atoms with E-state index in [0.717, 1.165) is 4.68 Å². The van der Waals surface area contributed by atoms with Crippen LogP contribution in [0.15, 0.2) is 10.8 Å². The quantitative estimate of drug-likeness (QED) is 0.686. The van der Waals surface area contributed by atoms with E-state index in [2.05, 4.69) is 25.3 Å². The van der Waals surface area contributed by atoms with Gasteiger partial charge in [0.15, 0.2) is 5.69 Å². The van der Waals surface area contributed by atoms with Gasteiger partial charge in [0, 0.05) is 0 Å². The minimum atomic E-state index is -0.574. The van der Waals surface area contributed by atoms with Crippen LogP contribution in [-0.4, -0.2) is 37.9 Å². The zero-order valence-electron chi connectivity index (χ0n) is 8.32. The highest BCUT2D eigenvalue weighted by molar-refractivity contribution is 5.87. The highest BCUT2D eigenvalue weighted by Gasteiger charge is 2.20. The van der Waals surface area contributed by atoms with E-state index in [1.54, 1.807) is 6.92 Å². The molecule has 2 aromatic rings. The normalized spacial score (nSPS) is 10.3. The van der Waals surface area contributed by atoms with Crippen molar-refractivity contribution in [3.63, 3.8) is 0 Å². The SMILES string of the molecule is CCOC(=O)c1cnnn1-c1nonc1N. The third-order valence-corrected chi connectivity index (χ3v) is 1.73. The summed E-state index contributed by atoms with van der Waals surface area (Å²) in [4.78, 5) is 11.5. The smallest absolute Gasteiger partial charge is 0.358 e. The summed E-state index contributed by atoms with van der Waals surface area (Å²) in [5.41, 5.74) is 5.57. The molecule has 0 aromatic carbocycles. The van der Waals surface area contributed by atoms with Crippen LogP contribution in [0.4, 0.5) is 5.82 Å². The van der Waals surface area contributed by atoms with E-state index >= 15 is 0 Å². The van der Waals surface area contributed by atoms with Crippen LogP contribution in [0.3, 0.4) is 0 Å². The molecule has 9 heteroatoms. The second kappa shape index (κ2) is 3.96. The number of ether oxygens (including phenoxy) is 1. The van der Waals surface area contributed by atoms with Crippen LogP contribution in [0.2, 0.25) is 0 Å². The fourth-order valence-electron chi connectivity index (χ4n) is 1.07. The van der Waals surface area contributed by atoms with Gasteiger partial charge in [-0.2, -0.15) is 4.68 Å². The van der Waals surface area contributed by atoms with Crippen LogP contribution in [0.25, 0.3) is 5.82 Å². The predicted octanol–water partition coefficient (Wildman–Crippen LogP) is -0.591. The van der Waals surface area contributed by atoms with Gasteiger partial charge < -0.3 is 10.5 Å². The first-order valence-corrected chi connectivity index (χ1v) is 4.40. The number of aromatic nitrogens is 5. The van der Waals surface area contributed by atoms with Gasteiger partial charge in [0.2, 0.25) is 11.6 Å². The van der Waals surface area contributed by atoms with Crippen LogP contribution < -0.4 is 5.73 Å². The third kappa shape index (κ3) is 1.58. The molecular formula is C7H8N6O3. The van der Waals surface area contributed by atoms with Gasteiger partial charge in [-0.1, -0.05) is 5.21 Å². The highest BCUT2D eigenvalue weighted by atomic mass is 16.6. The summed E-state index contributed by atoms with van der Waals surface area (Å²) in [6.07, 6.45) is 1.24. The Morgan fingerprint density at radius 1 is 1.62 bits per heavy atom. The van der Waals surface area contributed by atoms with E-state index in [1.807, 2.05) is 0 Å². The predicted molar refractivity (Wildman–Crippen MR) is 49.6 cm³/mol. The Kier molecular flexibility index (Phi) is 2.50. The maximum atomic E-state index is 11.5. The molecule has 2 heterocycles. The van der Waals surface area contributed by atoms with E-state index in [-0.39, 0.29) is 23.9 Å². The van der Waals surface area contributed by atoms with Crippen LogP contribution in [0, 0.1) is 0 Å². The number of rotatable bonds is 3. The minimum absolute atomic E-state index is 0.0102. The van der Waals surface area contributed by atoms with Crippen molar-refractivity contribution >= 4 is 11.8 Å². The maximum Gasteiger partial charge on any atom is 0.358 e. The first-order chi connectivity index (χ1) is 7.74. The molecule has 84 valence electrons. The Balaban J connectivity index is 2.40. The number of nitrogen functional groups attached to an aromatic ring is 1. The Labute approximate surface area is 89.1 Å². The Morgan fingerprint density at radius 3 is 3.06 bits per heavy atom. The molecule has 0 aliphatic carbocycles. The molecule has 0 aliphatic heterocycles. The number of nitrogens with two attached hydrogens (primary N) is 1. The number of carbonyl (C=O) groups excluding carboxylic acids is 1. The van der Waals surface area contributed by atoms with Crippen LogP contribution in [0.1, 0.15) is 17.4 Å². The molecule has 9 nitrogen and oxygen atoms in total. The zero-order chi connectivity index (χ0) is 11.5. The molecule has 0 spiro atoms. The molecule has 0 saturated carbocycles. The fraction of sp³-hybridized carbons (Fsp3) is 0.286. The number of hydrogen-bond donors (Lipinski definition) is 1. The molecule has 16 heavy (non-hydrogen) atoms. The lowest BCUT2D eigenvalue weighted by molar-refractivity contribution is 0.0515. The van der Waals surface area contributed by atoms with E-state index in [4.69, 9.17) is 10.5 Å². The monoisotopic (exact) mass is 224 g/mol. The van der Waals surface area contributed by atoms with Gasteiger partial charge in [0.25, 0.3) is 0 Å². The van der Waals surface area contributed by atoms with Crippen molar-refractivity contribution in [3.8, 4) is 5.82 Å². The lowest BCUT2D eigenvalue weighted by atomic mass is 10.4. The lowest BCUT2D eigenvalue weighted by Gasteiger charge is -2.01. The number of nitrogens with zero attached hydrogens (tertiary/aromatic N) is 5. The molecular weight excluding hydrogens is 216 g/mol. The van der Waals surface area contributed by atoms with Crippen molar-refractivity contribution < 1.29 is 14.2 Å². The van der Waals surface area contributed by atoms with Gasteiger partial charge >= 0.3 is 5.97 Å². The highest BCUT2D eigenvalue weighted by Crippen LogP contribution is 2.12. The van der Waals surface area contributed by atoms with Gasteiger partial charge in [-0.3, -0.25) is 0 Å². The molecule has 0 unspecified atom stereocenters. The minimum Gasteiger partial charge on any atom is -0.461 e. The Hall–Kier alpha value is -2.45. The molecule has 0 amide bonds. The summed E-state index contributed by atoms with van der Waals surface area (Å²) >= 11 is 0. The summed E-state index contributed by atoms with van der Waals surface area (Å²) < 4.78 is 10.3. The topological polar surface area (TPSA) is 122 Å². The maximum absolute atomic E-state index is 11.5. The van der Waals surface area contributed by atoms with Crippen molar-refractivity contribution in [1.29, 1.82) is 0 Å². The van der Waals surface area contributed by atoms with E-state index < -0.39 is 5.97 Å². The van der Waals surface area contributed by atoms with Crippen LogP contribution in [-0.2, 0) is 4.74 Å². The number of anilines is 1. The second-order valence-corrected chi connectivity index (χ2v) is 2.72. The van der Waals surface area contributed by atoms with Crippen LogP contribution >= 0.6 is 0 Å². The average Bonchev–Trinajstić information content (AvgIpc) is 2.85. The third-order valence-electron chi connectivity index (χ3n) is 1.73. The number of carbonyl (C=O) groups is 1. The molecule has 0 radical (unpaired) electrons.